The maximum Gasteiger partial charge on any atom is 0.335 e. The number of nitrogens with zero attached hydrogens (tertiary/aromatic N) is 10. The van der Waals surface area contributed by atoms with Gasteiger partial charge < -0.3 is 52.9 Å². The van der Waals surface area contributed by atoms with Crippen LogP contribution in [-0.2, 0) is 42.1 Å². The van der Waals surface area contributed by atoms with E-state index in [1.807, 2.05) is 84.4 Å². The van der Waals surface area contributed by atoms with E-state index in [-0.39, 0.29) is 44.5 Å². The first-order valence-corrected chi connectivity index (χ1v) is 43.2. The highest BCUT2D eigenvalue weighted by molar-refractivity contribution is 7.52. The first-order valence-electron chi connectivity index (χ1n) is 41.1. The average Bonchev–Trinajstić information content (AvgIpc) is 1.59. The van der Waals surface area contributed by atoms with Crippen molar-refractivity contribution < 1.29 is 75.1 Å². The van der Waals surface area contributed by atoms with E-state index >= 15 is 0 Å². The molecule has 8 heterocycles. The van der Waals surface area contributed by atoms with Crippen molar-refractivity contribution in [2.75, 3.05) is 80.4 Å². The fourth-order valence-electron chi connectivity index (χ4n) is 15.2. The van der Waals surface area contributed by atoms with Gasteiger partial charge in [0.1, 0.15) is 6.10 Å². The van der Waals surface area contributed by atoms with Crippen LogP contribution in [0.2, 0.25) is 10.0 Å². The van der Waals surface area contributed by atoms with Gasteiger partial charge in [-0.2, -0.15) is 16.8 Å². The number of hydrogen-bond acceptors (Lipinski definition) is 24. The zero-order valence-corrected chi connectivity index (χ0v) is 73.6. The molecule has 3 aromatic heterocycles. The molecular weight excluding hydrogens is 1740 g/mol. The van der Waals surface area contributed by atoms with Gasteiger partial charge in [0.2, 0.25) is 0 Å². The number of halogens is 2. The first kappa shape index (κ1) is 97.8. The van der Waals surface area contributed by atoms with Gasteiger partial charge in [-0.05, 0) is 227 Å². The van der Waals surface area contributed by atoms with Crippen LogP contribution in [0.15, 0.2) is 237 Å². The predicted octanol–water partition coefficient (Wildman–Crippen LogP) is 20.4. The summed E-state index contributed by atoms with van der Waals surface area (Å²) in [4.78, 5) is 83.4. The number of rotatable bonds is 16. The minimum atomic E-state index is -1.15. The summed E-state index contributed by atoms with van der Waals surface area (Å²) in [5.74, 6) is 0. The van der Waals surface area contributed by atoms with Gasteiger partial charge in [-0.3, -0.25) is 60.2 Å². The van der Waals surface area contributed by atoms with E-state index in [2.05, 4.69) is 123 Å². The number of carbonyl (C=O) groups excluding carboxylic acids is 2. The monoisotopic (exact) mass is 1830 g/mol. The van der Waals surface area contributed by atoms with Gasteiger partial charge in [-0.1, -0.05) is 96.0 Å². The lowest BCUT2D eigenvalue weighted by Crippen LogP contribution is -2.29. The molecule has 1 unspecified atom stereocenters. The van der Waals surface area contributed by atoms with Crippen molar-refractivity contribution in [1.29, 1.82) is 0 Å². The Morgan fingerprint density at radius 2 is 0.798 bits per heavy atom. The second-order valence-corrected chi connectivity index (χ2v) is 31.1. The van der Waals surface area contributed by atoms with Gasteiger partial charge in [0, 0.05) is 131 Å². The summed E-state index contributed by atoms with van der Waals surface area (Å²) >= 11 is 9.79. The molecule has 18 rings (SSSR count). The molecule has 2 N–H and O–H groups in total. The summed E-state index contributed by atoms with van der Waals surface area (Å²) in [5.41, 5.74) is 13.7. The lowest BCUT2D eigenvalue weighted by Gasteiger charge is -2.29. The minimum absolute atomic E-state index is 0.00694. The molecule has 32 nitrogen and oxygen atoms in total. The summed E-state index contributed by atoms with van der Waals surface area (Å²) in [6, 6.07) is 68.7. The number of carbonyl (C=O) groups is 2. The zero-order valence-electron chi connectivity index (χ0n) is 70.5. The molecule has 0 amide bonds. The second kappa shape index (κ2) is 49.1. The van der Waals surface area contributed by atoms with Crippen molar-refractivity contribution in [1.82, 2.24) is 14.1 Å². The number of aryl methyl sites for hydroxylation is 3. The van der Waals surface area contributed by atoms with Gasteiger partial charge in [0.05, 0.1) is 95.6 Å². The molecule has 129 heavy (non-hydrogen) atoms. The van der Waals surface area contributed by atoms with Crippen LogP contribution in [0, 0.1) is 71.3 Å². The summed E-state index contributed by atoms with van der Waals surface area (Å²) in [7, 11) is 0. The zero-order chi connectivity index (χ0) is 92.5. The lowest BCUT2D eigenvalue weighted by atomic mass is 10.0. The summed E-state index contributed by atoms with van der Waals surface area (Å²) in [5, 5.41) is 70.7. The number of aromatic nitrogens is 3. The van der Waals surface area contributed by atoms with E-state index in [1.54, 1.807) is 30.3 Å². The molecule has 1 atom stereocenters. The molecule has 5 fully saturated rings. The number of hydrogen-bond donors (Lipinski definition) is 2. The highest BCUT2D eigenvalue weighted by Crippen LogP contribution is 2.41. The lowest BCUT2D eigenvalue weighted by molar-refractivity contribution is -0.386. The number of ether oxygens (including phenoxy) is 4. The number of benzene rings is 10. The Kier molecular flexibility index (Phi) is 37.2. The topological polar surface area (TPSA) is 411 Å². The van der Waals surface area contributed by atoms with Crippen molar-refractivity contribution >= 4 is 137 Å². The highest BCUT2D eigenvalue weighted by atomic mass is 35.5. The van der Waals surface area contributed by atoms with Gasteiger partial charge >= 0.3 is 23.1 Å². The number of para-hydroxylation sites is 2. The third-order valence-corrected chi connectivity index (χ3v) is 21.8. The standard InChI is InChI=1S/C27H27N3O3.C15H13N.C14H18N2O4.C12H14N2O3.C9H8ClNO4.C9H9N.C7H4ClNO3.2O2S/c1-19-10-11-20-17-26(29(25(20)16-19)21-8-4-2-5-9-21)27(31)23-18-22(12-13-24(23)30(32)33)28-14-6-3-7-15-28;1-12-7-8-13-9-10-16(15(13)11-12)14-5-3-2-4-6-14;17-16(18)13-5-4-11(15-6-2-1-3-7-15)10-12(13)14-19-8-9-20-14;15-9-10-8-11(4-5-12(10)14(16)17)13-6-2-1-3-7-13;10-6-1-2-8(11(12)13)7(5-6)9-14-3-4-15-9;1-7-2-3-8-4-5-10-9(8)6-7;8-6-1-2-7(9(11)12)5(3-6)4-10;2*1-3-2/h2,4-5,8-13,16-18,27,31H,3,6-7,14-15H2,1H3;2-11H,1H3;4-5,10,14H,1-3,6-9H2;4-5,8-9H,1-3,6-7H2;1-2,5,9H,3-4H2;2-6,10H,1H3;1-4H;;. The van der Waals surface area contributed by atoms with Crippen molar-refractivity contribution in [3.8, 4) is 11.4 Å². The third kappa shape index (κ3) is 27.1. The molecule has 5 aliphatic rings. The Morgan fingerprint density at radius 3 is 1.29 bits per heavy atom. The number of fused-ring (bicyclic) bond motifs is 3. The van der Waals surface area contributed by atoms with Gasteiger partial charge in [0.15, 0.2) is 25.2 Å². The van der Waals surface area contributed by atoms with Crippen molar-refractivity contribution in [2.45, 2.75) is 97.2 Å². The average molecular weight is 1840 g/mol. The SMILES string of the molecule is Cc1ccc2cc(C(O)c3cc(N4CCCCC4)ccc3[N+](=O)[O-])n(-c3ccccc3)c2c1.Cc1ccc2cc[nH]c2c1.Cc1ccc2ccn(-c3ccccc3)c2c1.O=Cc1cc(Cl)ccc1[N+](=O)[O-].O=Cc1cc(N2CCCCC2)ccc1[N+](=O)[O-].O=S=O.O=S=O.O=[N+]([O-])c1ccc(Cl)cc1C1OCCO1.O=[N+]([O-])c1ccc(N2CCCCC2)cc1C1OCCO1. The molecule has 5 aliphatic heterocycles. The number of aliphatic hydroxyl groups excluding tert-OH is 1. The number of piperidine rings is 3. The van der Waals surface area contributed by atoms with Crippen LogP contribution in [0.1, 0.15) is 136 Å². The van der Waals surface area contributed by atoms with Crippen LogP contribution < -0.4 is 14.7 Å². The number of nitro groups is 5. The van der Waals surface area contributed by atoms with Crippen LogP contribution in [0.5, 0.6) is 0 Å². The molecule has 5 saturated heterocycles. The minimum Gasteiger partial charge on any atom is -0.382 e. The van der Waals surface area contributed by atoms with Crippen molar-refractivity contribution in [3.63, 3.8) is 0 Å². The Balaban J connectivity index is 0.000000160. The molecule has 36 heteroatoms. The van der Waals surface area contributed by atoms with Crippen LogP contribution in [0.4, 0.5) is 45.5 Å². The number of aliphatic hydroxyl groups is 1. The Hall–Kier alpha value is -13.4. The van der Waals surface area contributed by atoms with Gasteiger partial charge in [-0.25, -0.2) is 0 Å². The molecule has 672 valence electrons. The molecule has 0 radical (unpaired) electrons. The number of nitrogens with one attached hydrogen (secondary N) is 1. The van der Waals surface area contributed by atoms with E-state index in [9.17, 15) is 65.3 Å². The fraction of sp³-hybridized carbons (Fsp3) is 0.269. The fourth-order valence-corrected chi connectivity index (χ4v) is 15.5. The first-order chi connectivity index (χ1) is 62.4. The van der Waals surface area contributed by atoms with Gasteiger partial charge in [0.25, 0.3) is 28.4 Å². The van der Waals surface area contributed by atoms with Crippen LogP contribution in [0.3, 0.4) is 0 Å². The smallest absolute Gasteiger partial charge is 0.335 e. The number of H-pyrrole nitrogens is 1. The van der Waals surface area contributed by atoms with Crippen LogP contribution >= 0.6 is 23.2 Å². The molecule has 0 saturated carbocycles. The van der Waals surface area contributed by atoms with E-state index in [0.717, 1.165) is 104 Å². The maximum atomic E-state index is 11.9. The summed E-state index contributed by atoms with van der Waals surface area (Å²) < 4.78 is 58.6. The largest absolute Gasteiger partial charge is 0.382 e. The molecule has 0 bridgehead atoms. The van der Waals surface area contributed by atoms with E-state index in [4.69, 9.17) is 59.0 Å². The van der Waals surface area contributed by atoms with Crippen LogP contribution in [0.25, 0.3) is 44.1 Å². The van der Waals surface area contributed by atoms with E-state index < -0.39 is 61.5 Å². The van der Waals surface area contributed by atoms with Crippen molar-refractivity contribution in [3.05, 3.63) is 348 Å². The predicted molar refractivity (Wildman–Crippen MR) is 495 cm³/mol. The van der Waals surface area contributed by atoms with Gasteiger partial charge in [-0.15, -0.1) is 0 Å². The molecule has 0 aliphatic carbocycles. The number of nitro benzene ring substituents is 5. The normalized spacial score (nSPS) is 14.2. The molecule has 13 aromatic rings. The van der Waals surface area contributed by atoms with E-state index in [0.29, 0.717) is 71.4 Å². The quantitative estimate of drug-likeness (QED) is 0.0515. The van der Waals surface area contributed by atoms with Crippen LogP contribution in [-0.4, -0.2) is 139 Å². The summed E-state index contributed by atoms with van der Waals surface area (Å²) in [6.45, 7) is 13.9. The Labute approximate surface area is 758 Å². The molecule has 10 aromatic carbocycles. The third-order valence-electron chi connectivity index (χ3n) is 21.3. The molecule has 0 spiro atoms. The Morgan fingerprint density at radius 1 is 0.403 bits per heavy atom. The van der Waals surface area contributed by atoms with E-state index in [1.165, 1.54) is 119 Å². The maximum absolute atomic E-state index is 11.9. The number of aldehydes is 2. The number of aromatic amines is 1. The highest BCUT2D eigenvalue weighted by Gasteiger charge is 2.32. The second-order valence-electron chi connectivity index (χ2n) is 29.9. The summed E-state index contributed by atoms with van der Waals surface area (Å²) in [6.07, 6.45) is 13.1. The Bertz CT molecular complexity index is 6090. The van der Waals surface area contributed by atoms with Crippen molar-refractivity contribution in [2.24, 2.45) is 0 Å². The number of anilines is 3. The molecular formula is C93H93Cl2N11O21S2.